The molecule has 1 heterocycles. The Morgan fingerprint density at radius 2 is 1.95 bits per heavy atom. The third-order valence-electron chi connectivity index (χ3n) is 3.06. The normalized spacial score (nSPS) is 10.6. The number of benzene rings is 1. The summed E-state index contributed by atoms with van der Waals surface area (Å²) >= 11 is 6.07. The van der Waals surface area contributed by atoms with E-state index in [0.717, 1.165) is 5.56 Å². The fourth-order valence-electron chi connectivity index (χ4n) is 1.92. The van der Waals surface area contributed by atoms with E-state index in [1.54, 1.807) is 29.0 Å². The lowest BCUT2D eigenvalue weighted by molar-refractivity contribution is 0.132. The summed E-state index contributed by atoms with van der Waals surface area (Å²) in [5.41, 5.74) is 5.99. The van der Waals surface area contributed by atoms with E-state index in [4.69, 9.17) is 26.8 Å². The Kier molecular flexibility index (Phi) is 6.45. The van der Waals surface area contributed by atoms with Gasteiger partial charge in [0.15, 0.2) is 5.75 Å². The van der Waals surface area contributed by atoms with E-state index in [-0.39, 0.29) is 12.2 Å². The zero-order valence-corrected chi connectivity index (χ0v) is 13.0. The van der Waals surface area contributed by atoms with Crippen molar-refractivity contribution in [3.63, 3.8) is 0 Å². The van der Waals surface area contributed by atoms with Gasteiger partial charge in [0, 0.05) is 29.9 Å². The van der Waals surface area contributed by atoms with Crippen molar-refractivity contribution >= 4 is 11.6 Å². The second-order valence-electron chi connectivity index (χ2n) is 4.65. The summed E-state index contributed by atoms with van der Waals surface area (Å²) in [7, 11) is 0. The summed E-state index contributed by atoms with van der Waals surface area (Å²) in [5.74, 6) is 0.293. The fourth-order valence-corrected chi connectivity index (χ4v) is 2.11. The van der Waals surface area contributed by atoms with E-state index in [0.29, 0.717) is 37.1 Å². The minimum Gasteiger partial charge on any atom is -0.483 e. The maximum Gasteiger partial charge on any atom is 0.292 e. The van der Waals surface area contributed by atoms with E-state index >= 15 is 0 Å². The van der Waals surface area contributed by atoms with E-state index < -0.39 is 0 Å². The van der Waals surface area contributed by atoms with Crippen LogP contribution in [0.4, 0.5) is 0 Å². The molecule has 0 amide bonds. The molecule has 2 N–H and O–H groups in total. The van der Waals surface area contributed by atoms with Crippen LogP contribution >= 0.6 is 11.6 Å². The van der Waals surface area contributed by atoms with Gasteiger partial charge in [0.2, 0.25) is 0 Å². The minimum absolute atomic E-state index is 0.189. The molecule has 118 valence electrons. The van der Waals surface area contributed by atoms with Gasteiger partial charge < -0.3 is 19.8 Å². The van der Waals surface area contributed by atoms with E-state index in [1.165, 1.54) is 0 Å². The van der Waals surface area contributed by atoms with Crippen molar-refractivity contribution in [1.29, 1.82) is 0 Å². The van der Waals surface area contributed by atoms with Crippen molar-refractivity contribution in [2.24, 2.45) is 5.73 Å². The lowest BCUT2D eigenvalue weighted by atomic mass is 10.2. The quantitative estimate of drug-likeness (QED) is 0.755. The van der Waals surface area contributed by atoms with Crippen molar-refractivity contribution in [3.05, 3.63) is 63.5 Å². The molecule has 22 heavy (non-hydrogen) atoms. The monoisotopic (exact) mass is 322 g/mol. The maximum absolute atomic E-state index is 12.3. The highest BCUT2D eigenvalue weighted by Gasteiger charge is 2.06. The first-order valence-electron chi connectivity index (χ1n) is 7.06. The van der Waals surface area contributed by atoms with Crippen LogP contribution in [0.15, 0.2) is 47.4 Å². The third kappa shape index (κ3) is 4.59. The van der Waals surface area contributed by atoms with Crippen LogP contribution in [0.25, 0.3) is 0 Å². The van der Waals surface area contributed by atoms with Crippen molar-refractivity contribution < 1.29 is 9.47 Å². The lowest BCUT2D eigenvalue weighted by Crippen LogP contribution is -2.23. The molecule has 0 radical (unpaired) electrons. The Balaban J connectivity index is 2.00. The Labute approximate surface area is 134 Å². The zero-order chi connectivity index (χ0) is 15.8. The van der Waals surface area contributed by atoms with Crippen LogP contribution in [0.1, 0.15) is 5.56 Å². The van der Waals surface area contributed by atoms with Gasteiger partial charge in [-0.1, -0.05) is 29.8 Å². The molecule has 5 nitrogen and oxygen atoms in total. The highest BCUT2D eigenvalue weighted by atomic mass is 35.5. The van der Waals surface area contributed by atoms with Crippen LogP contribution in [0.2, 0.25) is 5.02 Å². The number of aromatic nitrogens is 1. The van der Waals surface area contributed by atoms with Crippen LogP contribution in [-0.4, -0.2) is 24.3 Å². The van der Waals surface area contributed by atoms with Crippen molar-refractivity contribution in [2.75, 3.05) is 19.8 Å². The largest absolute Gasteiger partial charge is 0.483 e. The molecule has 0 bridgehead atoms. The molecule has 0 unspecified atom stereocenters. The summed E-state index contributed by atoms with van der Waals surface area (Å²) < 4.78 is 12.4. The molecule has 1 aromatic carbocycles. The molecule has 2 rings (SSSR count). The van der Waals surface area contributed by atoms with Gasteiger partial charge in [0.25, 0.3) is 5.56 Å². The molecule has 0 atom stereocenters. The Hall–Kier alpha value is -1.82. The van der Waals surface area contributed by atoms with Crippen LogP contribution < -0.4 is 16.0 Å². The molecular weight excluding hydrogens is 304 g/mol. The number of rotatable bonds is 8. The number of hydrogen-bond acceptors (Lipinski definition) is 4. The first-order valence-corrected chi connectivity index (χ1v) is 7.43. The zero-order valence-electron chi connectivity index (χ0n) is 12.2. The average molecular weight is 323 g/mol. The smallest absolute Gasteiger partial charge is 0.292 e. The standard InChI is InChI=1S/C16H19ClN2O3/c17-14-5-2-1-4-13(14)12-22-15-6-3-8-19(16(15)20)9-11-21-10-7-18/h1-6,8H,7,9-12,18H2. The SMILES string of the molecule is NCCOCCn1cccc(OCc2ccccc2Cl)c1=O. The average Bonchev–Trinajstić information content (AvgIpc) is 2.53. The van der Waals surface area contributed by atoms with Gasteiger partial charge in [-0.15, -0.1) is 0 Å². The van der Waals surface area contributed by atoms with Crippen molar-refractivity contribution in [2.45, 2.75) is 13.2 Å². The van der Waals surface area contributed by atoms with Crippen LogP contribution in [0, 0.1) is 0 Å². The van der Waals surface area contributed by atoms with Gasteiger partial charge in [-0.25, -0.2) is 0 Å². The van der Waals surface area contributed by atoms with Crippen LogP contribution in [-0.2, 0) is 17.9 Å². The number of hydrogen-bond donors (Lipinski definition) is 1. The Morgan fingerprint density at radius 3 is 2.73 bits per heavy atom. The summed E-state index contributed by atoms with van der Waals surface area (Å²) in [5, 5.41) is 0.619. The van der Waals surface area contributed by atoms with Gasteiger partial charge in [-0.05, 0) is 18.2 Å². The molecule has 1 aromatic heterocycles. The number of ether oxygens (including phenoxy) is 2. The lowest BCUT2D eigenvalue weighted by Gasteiger charge is -2.10. The number of nitrogens with zero attached hydrogens (tertiary/aromatic N) is 1. The van der Waals surface area contributed by atoms with E-state index in [1.807, 2.05) is 18.2 Å². The number of halogens is 1. The molecule has 0 spiro atoms. The van der Waals surface area contributed by atoms with Gasteiger partial charge in [0.05, 0.1) is 13.2 Å². The Bertz CT molecular complexity index is 658. The molecule has 0 aliphatic heterocycles. The predicted molar refractivity (Wildman–Crippen MR) is 86.4 cm³/mol. The van der Waals surface area contributed by atoms with Crippen LogP contribution in [0.3, 0.4) is 0 Å². The third-order valence-corrected chi connectivity index (χ3v) is 3.43. The molecule has 0 aliphatic carbocycles. The van der Waals surface area contributed by atoms with Gasteiger partial charge in [0.1, 0.15) is 6.61 Å². The predicted octanol–water partition coefficient (Wildman–Crippen LogP) is 2.06. The van der Waals surface area contributed by atoms with Crippen molar-refractivity contribution in [1.82, 2.24) is 4.57 Å². The number of nitrogens with two attached hydrogens (primary N) is 1. The topological polar surface area (TPSA) is 66.5 Å². The van der Waals surface area contributed by atoms with Gasteiger partial charge >= 0.3 is 0 Å². The molecule has 6 heteroatoms. The maximum atomic E-state index is 12.3. The highest BCUT2D eigenvalue weighted by molar-refractivity contribution is 6.31. The van der Waals surface area contributed by atoms with Crippen molar-refractivity contribution in [3.8, 4) is 5.75 Å². The summed E-state index contributed by atoms with van der Waals surface area (Å²) in [6.45, 7) is 2.10. The second-order valence-corrected chi connectivity index (χ2v) is 5.06. The van der Waals surface area contributed by atoms with Gasteiger partial charge in [-0.2, -0.15) is 0 Å². The highest BCUT2D eigenvalue weighted by Crippen LogP contribution is 2.16. The second kappa shape index (κ2) is 8.58. The number of pyridine rings is 1. The first kappa shape index (κ1) is 16.5. The first-order chi connectivity index (χ1) is 10.7. The Morgan fingerprint density at radius 1 is 1.14 bits per heavy atom. The van der Waals surface area contributed by atoms with Crippen LogP contribution in [0.5, 0.6) is 5.75 Å². The van der Waals surface area contributed by atoms with Gasteiger partial charge in [-0.3, -0.25) is 4.79 Å². The molecule has 0 saturated carbocycles. The fraction of sp³-hybridized carbons (Fsp3) is 0.312. The molecular formula is C16H19ClN2O3. The summed E-state index contributed by atoms with van der Waals surface area (Å²) in [4.78, 5) is 12.3. The molecule has 0 fully saturated rings. The van der Waals surface area contributed by atoms with E-state index in [9.17, 15) is 4.79 Å². The molecule has 0 saturated heterocycles. The van der Waals surface area contributed by atoms with E-state index in [2.05, 4.69) is 0 Å². The summed E-state index contributed by atoms with van der Waals surface area (Å²) in [6.07, 6.45) is 1.70. The molecule has 2 aromatic rings. The molecule has 0 aliphatic rings. The minimum atomic E-state index is -0.189. The summed E-state index contributed by atoms with van der Waals surface area (Å²) in [6, 6.07) is 10.8.